The third kappa shape index (κ3) is 6.81. The quantitative estimate of drug-likeness (QED) is 0.159. The van der Waals surface area contributed by atoms with E-state index in [0.29, 0.717) is 17.2 Å². The Morgan fingerprint density at radius 2 is 1.42 bits per heavy atom. The van der Waals surface area contributed by atoms with Crippen LogP contribution in [0.25, 0.3) is 11.1 Å². The Bertz CT molecular complexity index is 1020. The SMILES string of the molecule is CCCCCCCc1ccccc1-c1ccccc1C(=O)Oc1ccccc1C(C)CCC. The lowest BCUT2D eigenvalue weighted by molar-refractivity contribution is 0.0733. The van der Waals surface area contributed by atoms with Gasteiger partial charge in [0.15, 0.2) is 0 Å². The van der Waals surface area contributed by atoms with E-state index in [9.17, 15) is 4.79 Å². The van der Waals surface area contributed by atoms with Gasteiger partial charge in [0.05, 0.1) is 5.56 Å². The molecular weight excluding hydrogens is 404 g/mol. The minimum absolute atomic E-state index is 0.292. The molecule has 0 aromatic heterocycles. The van der Waals surface area contributed by atoms with Gasteiger partial charge in [0.25, 0.3) is 0 Å². The van der Waals surface area contributed by atoms with Crippen LogP contribution in [0.4, 0.5) is 0 Å². The zero-order chi connectivity index (χ0) is 23.5. The molecule has 0 aliphatic carbocycles. The molecule has 2 heteroatoms. The van der Waals surface area contributed by atoms with Crippen LogP contribution in [-0.4, -0.2) is 5.97 Å². The second-order valence-electron chi connectivity index (χ2n) is 8.98. The van der Waals surface area contributed by atoms with Gasteiger partial charge in [-0.3, -0.25) is 0 Å². The van der Waals surface area contributed by atoms with Gasteiger partial charge in [-0.15, -0.1) is 0 Å². The predicted molar refractivity (Wildman–Crippen MR) is 139 cm³/mol. The van der Waals surface area contributed by atoms with Crippen LogP contribution in [0.2, 0.25) is 0 Å². The van der Waals surface area contributed by atoms with E-state index in [1.807, 2.05) is 42.5 Å². The molecule has 0 heterocycles. The average molecular weight is 443 g/mol. The zero-order valence-corrected chi connectivity index (χ0v) is 20.5. The van der Waals surface area contributed by atoms with Crippen molar-refractivity contribution < 1.29 is 9.53 Å². The average Bonchev–Trinajstić information content (AvgIpc) is 2.84. The molecular formula is C31H38O2. The molecule has 0 saturated carbocycles. The largest absolute Gasteiger partial charge is 0.423 e. The Morgan fingerprint density at radius 1 is 0.758 bits per heavy atom. The fourth-order valence-electron chi connectivity index (χ4n) is 4.54. The molecule has 0 radical (unpaired) electrons. The first-order chi connectivity index (χ1) is 16.2. The highest BCUT2D eigenvalue weighted by Gasteiger charge is 2.19. The minimum atomic E-state index is -0.292. The summed E-state index contributed by atoms with van der Waals surface area (Å²) >= 11 is 0. The van der Waals surface area contributed by atoms with Crippen molar-refractivity contribution in [1.82, 2.24) is 0 Å². The van der Waals surface area contributed by atoms with Gasteiger partial charge in [-0.2, -0.15) is 0 Å². The zero-order valence-electron chi connectivity index (χ0n) is 20.5. The van der Waals surface area contributed by atoms with Crippen LogP contribution in [0, 0.1) is 0 Å². The van der Waals surface area contributed by atoms with Gasteiger partial charge in [-0.05, 0) is 59.6 Å². The van der Waals surface area contributed by atoms with Crippen LogP contribution in [-0.2, 0) is 6.42 Å². The standard InChI is InChI=1S/C31H38O2/c1-4-6-7-8-9-17-25-18-10-11-20-27(25)28-21-12-13-22-29(28)31(32)33-30-23-15-14-19-26(30)24(3)16-5-2/h10-15,18-24H,4-9,16-17H2,1-3H3. The Kier molecular flexibility index (Phi) is 9.75. The fourth-order valence-corrected chi connectivity index (χ4v) is 4.54. The lowest BCUT2D eigenvalue weighted by atomic mass is 9.92. The molecule has 0 spiro atoms. The van der Waals surface area contributed by atoms with E-state index in [4.69, 9.17) is 4.74 Å². The normalized spacial score (nSPS) is 11.8. The van der Waals surface area contributed by atoms with E-state index in [0.717, 1.165) is 36.0 Å². The topological polar surface area (TPSA) is 26.3 Å². The molecule has 0 aliphatic heterocycles. The van der Waals surface area contributed by atoms with Crippen molar-refractivity contribution >= 4 is 5.97 Å². The van der Waals surface area contributed by atoms with E-state index < -0.39 is 0 Å². The minimum Gasteiger partial charge on any atom is -0.423 e. The third-order valence-electron chi connectivity index (χ3n) is 6.38. The molecule has 0 saturated heterocycles. The highest BCUT2D eigenvalue weighted by atomic mass is 16.5. The number of carbonyl (C=O) groups is 1. The smallest absolute Gasteiger partial charge is 0.344 e. The lowest BCUT2D eigenvalue weighted by Gasteiger charge is -2.17. The Balaban J connectivity index is 1.84. The second-order valence-corrected chi connectivity index (χ2v) is 8.98. The van der Waals surface area contributed by atoms with E-state index in [1.165, 1.54) is 37.7 Å². The number of carbonyl (C=O) groups excluding carboxylic acids is 1. The van der Waals surface area contributed by atoms with Crippen LogP contribution < -0.4 is 4.74 Å². The number of hydrogen-bond donors (Lipinski definition) is 0. The third-order valence-corrected chi connectivity index (χ3v) is 6.38. The van der Waals surface area contributed by atoms with E-state index in [-0.39, 0.29) is 5.97 Å². The summed E-state index contributed by atoms with van der Waals surface area (Å²) in [4.78, 5) is 13.4. The molecule has 1 unspecified atom stereocenters. The highest BCUT2D eigenvalue weighted by Crippen LogP contribution is 2.32. The lowest BCUT2D eigenvalue weighted by Crippen LogP contribution is -2.12. The number of rotatable bonds is 12. The maximum Gasteiger partial charge on any atom is 0.344 e. The number of esters is 1. The molecule has 1 atom stereocenters. The molecule has 0 aliphatic rings. The van der Waals surface area contributed by atoms with Gasteiger partial charge in [0, 0.05) is 0 Å². The van der Waals surface area contributed by atoms with Crippen molar-refractivity contribution in [1.29, 1.82) is 0 Å². The molecule has 3 rings (SSSR count). The summed E-state index contributed by atoms with van der Waals surface area (Å²) in [7, 11) is 0. The molecule has 0 bridgehead atoms. The number of para-hydroxylation sites is 1. The van der Waals surface area contributed by atoms with Gasteiger partial charge in [-0.1, -0.05) is 114 Å². The number of hydrogen-bond acceptors (Lipinski definition) is 2. The number of ether oxygens (including phenoxy) is 1. The van der Waals surface area contributed by atoms with Crippen LogP contribution in [0.15, 0.2) is 72.8 Å². The highest BCUT2D eigenvalue weighted by molar-refractivity contribution is 5.99. The Labute approximate surface area is 200 Å². The summed E-state index contributed by atoms with van der Waals surface area (Å²) in [5.74, 6) is 0.727. The molecule has 2 nitrogen and oxygen atoms in total. The van der Waals surface area contributed by atoms with E-state index in [1.54, 1.807) is 0 Å². The van der Waals surface area contributed by atoms with Gasteiger partial charge in [-0.25, -0.2) is 4.79 Å². The van der Waals surface area contributed by atoms with Gasteiger partial charge in [0.1, 0.15) is 5.75 Å². The molecule has 0 N–H and O–H groups in total. The fraction of sp³-hybridized carbons (Fsp3) is 0.387. The van der Waals surface area contributed by atoms with E-state index >= 15 is 0 Å². The first-order valence-electron chi connectivity index (χ1n) is 12.6. The van der Waals surface area contributed by atoms with Gasteiger partial charge >= 0.3 is 5.97 Å². The van der Waals surface area contributed by atoms with Crippen LogP contribution >= 0.6 is 0 Å². The molecule has 3 aromatic carbocycles. The summed E-state index contributed by atoms with van der Waals surface area (Å²) in [5, 5.41) is 0. The Hall–Kier alpha value is -2.87. The summed E-state index contributed by atoms with van der Waals surface area (Å²) in [6.07, 6.45) is 9.46. The van der Waals surface area contributed by atoms with E-state index in [2.05, 4.69) is 51.1 Å². The number of unbranched alkanes of at least 4 members (excludes halogenated alkanes) is 4. The van der Waals surface area contributed by atoms with Crippen molar-refractivity contribution in [2.45, 2.75) is 78.1 Å². The second kappa shape index (κ2) is 13.0. The van der Waals surface area contributed by atoms with Crippen molar-refractivity contribution in [3.8, 4) is 16.9 Å². The summed E-state index contributed by atoms with van der Waals surface area (Å²) in [5.41, 5.74) is 5.09. The number of benzene rings is 3. The van der Waals surface area contributed by atoms with Crippen molar-refractivity contribution in [3.63, 3.8) is 0 Å². The predicted octanol–water partition coefficient (Wildman–Crippen LogP) is 8.99. The number of aryl methyl sites for hydroxylation is 1. The van der Waals surface area contributed by atoms with Crippen LogP contribution in [0.3, 0.4) is 0 Å². The van der Waals surface area contributed by atoms with Crippen LogP contribution in [0.1, 0.15) is 93.1 Å². The molecule has 33 heavy (non-hydrogen) atoms. The van der Waals surface area contributed by atoms with Crippen LogP contribution in [0.5, 0.6) is 5.75 Å². The molecule has 0 fully saturated rings. The van der Waals surface area contributed by atoms with Crippen molar-refractivity contribution in [3.05, 3.63) is 89.5 Å². The summed E-state index contributed by atoms with van der Waals surface area (Å²) in [6.45, 7) is 6.62. The molecule has 174 valence electrons. The maximum absolute atomic E-state index is 13.4. The summed E-state index contributed by atoms with van der Waals surface area (Å²) < 4.78 is 5.99. The first-order valence-corrected chi connectivity index (χ1v) is 12.6. The van der Waals surface area contributed by atoms with Crippen molar-refractivity contribution in [2.75, 3.05) is 0 Å². The first kappa shape index (κ1) is 24.8. The maximum atomic E-state index is 13.4. The Morgan fingerprint density at radius 3 is 2.21 bits per heavy atom. The monoisotopic (exact) mass is 442 g/mol. The van der Waals surface area contributed by atoms with Gasteiger partial charge < -0.3 is 4.74 Å². The van der Waals surface area contributed by atoms with Gasteiger partial charge in [0.2, 0.25) is 0 Å². The molecule has 0 amide bonds. The molecule has 3 aromatic rings. The van der Waals surface area contributed by atoms with Crippen molar-refractivity contribution in [2.24, 2.45) is 0 Å². The summed E-state index contributed by atoms with van der Waals surface area (Å²) in [6, 6.07) is 24.2.